The predicted octanol–water partition coefficient (Wildman–Crippen LogP) is 2.09. The largest absolute Gasteiger partial charge is 0.485 e. The Morgan fingerprint density at radius 1 is 1.33 bits per heavy atom. The molecule has 0 saturated heterocycles. The fourth-order valence-corrected chi connectivity index (χ4v) is 4.27. The molecule has 7 heteroatoms. The highest BCUT2D eigenvalue weighted by atomic mass is 32.2. The summed E-state index contributed by atoms with van der Waals surface area (Å²) >= 11 is 0.933. The van der Waals surface area contributed by atoms with Gasteiger partial charge in [-0.25, -0.2) is 8.42 Å². The van der Waals surface area contributed by atoms with Crippen molar-refractivity contribution in [1.29, 1.82) is 5.26 Å². The number of sulfone groups is 1. The molecule has 0 unspecified atom stereocenters. The first-order chi connectivity index (χ1) is 9.97. The van der Waals surface area contributed by atoms with Gasteiger partial charge in [-0.05, 0) is 5.56 Å². The zero-order valence-corrected chi connectivity index (χ0v) is 12.9. The lowest BCUT2D eigenvalue weighted by atomic mass is 10.2. The molecule has 0 bridgehead atoms. The van der Waals surface area contributed by atoms with Crippen molar-refractivity contribution < 1.29 is 18.3 Å². The van der Waals surface area contributed by atoms with E-state index in [1.165, 1.54) is 0 Å². The number of benzene rings is 1. The lowest BCUT2D eigenvalue weighted by molar-refractivity contribution is 0.276. The zero-order chi connectivity index (χ0) is 15.5. The van der Waals surface area contributed by atoms with Gasteiger partial charge in [-0.3, -0.25) is 0 Å². The van der Waals surface area contributed by atoms with Crippen LogP contribution in [0.2, 0.25) is 0 Å². The summed E-state index contributed by atoms with van der Waals surface area (Å²) in [6, 6.07) is 11.1. The molecule has 21 heavy (non-hydrogen) atoms. The van der Waals surface area contributed by atoms with Gasteiger partial charge in [0.2, 0.25) is 0 Å². The van der Waals surface area contributed by atoms with Gasteiger partial charge in [0.05, 0.1) is 11.5 Å². The van der Waals surface area contributed by atoms with Gasteiger partial charge in [0.1, 0.15) is 22.4 Å². The van der Waals surface area contributed by atoms with E-state index in [1.807, 2.05) is 36.4 Å². The normalized spacial score (nSPS) is 11.1. The molecule has 2 rings (SSSR count). The van der Waals surface area contributed by atoms with E-state index >= 15 is 0 Å². The SMILES string of the molecule is CS(=O)(=O)c1c(CO)sc(C#N)c1OCc1ccccc1. The highest BCUT2D eigenvalue weighted by Gasteiger charge is 2.26. The minimum atomic E-state index is -3.60. The Labute approximate surface area is 127 Å². The summed E-state index contributed by atoms with van der Waals surface area (Å²) in [6.45, 7) is -0.296. The highest BCUT2D eigenvalue weighted by molar-refractivity contribution is 7.91. The van der Waals surface area contributed by atoms with Gasteiger partial charge in [0, 0.05) is 6.26 Å². The van der Waals surface area contributed by atoms with Gasteiger partial charge in [-0.1, -0.05) is 30.3 Å². The van der Waals surface area contributed by atoms with E-state index in [0.717, 1.165) is 23.2 Å². The van der Waals surface area contributed by atoms with Crippen molar-refractivity contribution in [2.45, 2.75) is 18.1 Å². The molecule has 1 heterocycles. The maximum Gasteiger partial charge on any atom is 0.180 e. The molecular formula is C14H13NO4S2. The summed E-state index contributed by atoms with van der Waals surface area (Å²) in [5.74, 6) is 0.0258. The molecule has 1 aromatic carbocycles. The molecule has 5 nitrogen and oxygen atoms in total. The third kappa shape index (κ3) is 3.42. The second-order valence-electron chi connectivity index (χ2n) is 4.33. The Morgan fingerprint density at radius 2 is 2.00 bits per heavy atom. The third-order valence-electron chi connectivity index (χ3n) is 2.73. The molecule has 0 atom stereocenters. The lowest BCUT2D eigenvalue weighted by Gasteiger charge is -2.08. The second kappa shape index (κ2) is 6.26. The van der Waals surface area contributed by atoms with Crippen molar-refractivity contribution in [2.75, 3.05) is 6.26 Å². The molecule has 1 aromatic heterocycles. The molecule has 0 aliphatic rings. The number of thiophene rings is 1. The summed E-state index contributed by atoms with van der Waals surface area (Å²) in [4.78, 5) is 0.273. The second-order valence-corrected chi connectivity index (χ2v) is 7.39. The van der Waals surface area contributed by atoms with Crippen LogP contribution in [0, 0.1) is 11.3 Å². The van der Waals surface area contributed by atoms with Crippen LogP contribution < -0.4 is 4.74 Å². The van der Waals surface area contributed by atoms with Gasteiger partial charge in [0.15, 0.2) is 15.6 Å². The summed E-state index contributed by atoms with van der Waals surface area (Å²) < 4.78 is 29.3. The Morgan fingerprint density at radius 3 is 2.52 bits per heavy atom. The molecule has 0 fully saturated rings. The minimum absolute atomic E-state index is 0.0258. The molecule has 0 spiro atoms. The molecule has 0 aliphatic carbocycles. The van der Waals surface area contributed by atoms with Crippen LogP contribution in [0.4, 0.5) is 0 Å². The molecule has 0 aliphatic heterocycles. The fraction of sp³-hybridized carbons (Fsp3) is 0.214. The van der Waals surface area contributed by atoms with E-state index in [1.54, 1.807) is 0 Å². The van der Waals surface area contributed by atoms with E-state index in [2.05, 4.69) is 0 Å². The molecule has 2 aromatic rings. The maximum absolute atomic E-state index is 11.9. The van der Waals surface area contributed by atoms with Gasteiger partial charge < -0.3 is 9.84 Å². The van der Waals surface area contributed by atoms with Crippen molar-refractivity contribution >= 4 is 21.2 Å². The van der Waals surface area contributed by atoms with E-state index in [4.69, 9.17) is 10.00 Å². The van der Waals surface area contributed by atoms with Crippen LogP contribution >= 0.6 is 11.3 Å². The number of aliphatic hydroxyl groups is 1. The van der Waals surface area contributed by atoms with E-state index < -0.39 is 16.4 Å². The van der Waals surface area contributed by atoms with Crippen LogP contribution in [0.3, 0.4) is 0 Å². The number of nitrogens with zero attached hydrogens (tertiary/aromatic N) is 1. The Hall–Kier alpha value is -1.88. The average molecular weight is 323 g/mol. The smallest absolute Gasteiger partial charge is 0.180 e. The van der Waals surface area contributed by atoms with Crippen LogP contribution in [-0.2, 0) is 23.1 Å². The molecule has 0 radical (unpaired) electrons. The zero-order valence-electron chi connectivity index (χ0n) is 11.2. The Kier molecular flexibility index (Phi) is 4.63. The molecule has 0 saturated carbocycles. The standard InChI is InChI=1S/C14H13NO4S2/c1-21(17,18)14-12(8-16)20-11(7-15)13(14)19-9-10-5-3-2-4-6-10/h2-6,16H,8-9H2,1H3. The van der Waals surface area contributed by atoms with Crippen LogP contribution in [0.5, 0.6) is 5.75 Å². The first-order valence-electron chi connectivity index (χ1n) is 6.00. The van der Waals surface area contributed by atoms with Crippen molar-refractivity contribution in [3.8, 4) is 11.8 Å². The maximum atomic E-state index is 11.9. The summed E-state index contributed by atoms with van der Waals surface area (Å²) in [5, 5.41) is 18.4. The Bertz CT molecular complexity index is 773. The molecule has 0 amide bonds. The van der Waals surface area contributed by atoms with Crippen LogP contribution in [0.1, 0.15) is 15.3 Å². The van der Waals surface area contributed by atoms with E-state index in [-0.39, 0.29) is 27.0 Å². The number of aliphatic hydroxyl groups excluding tert-OH is 1. The van der Waals surface area contributed by atoms with Crippen LogP contribution in [0.15, 0.2) is 35.2 Å². The number of nitriles is 1. The monoisotopic (exact) mass is 323 g/mol. The number of hydrogen-bond acceptors (Lipinski definition) is 6. The fourth-order valence-electron chi connectivity index (χ4n) is 1.86. The van der Waals surface area contributed by atoms with Crippen molar-refractivity contribution in [1.82, 2.24) is 0 Å². The van der Waals surface area contributed by atoms with E-state index in [9.17, 15) is 13.5 Å². The van der Waals surface area contributed by atoms with Crippen molar-refractivity contribution in [2.24, 2.45) is 0 Å². The summed E-state index contributed by atoms with van der Waals surface area (Å²) in [6.07, 6.45) is 1.03. The summed E-state index contributed by atoms with van der Waals surface area (Å²) in [7, 11) is -3.60. The quantitative estimate of drug-likeness (QED) is 0.910. The van der Waals surface area contributed by atoms with Crippen LogP contribution in [-0.4, -0.2) is 19.8 Å². The number of hydrogen-bond donors (Lipinski definition) is 1. The van der Waals surface area contributed by atoms with Gasteiger partial charge >= 0.3 is 0 Å². The minimum Gasteiger partial charge on any atom is -0.485 e. The third-order valence-corrected chi connectivity index (χ3v) is 5.10. The molecule has 1 N–H and O–H groups in total. The first kappa shape index (κ1) is 15.5. The van der Waals surface area contributed by atoms with E-state index in [0.29, 0.717) is 0 Å². The van der Waals surface area contributed by atoms with Gasteiger partial charge in [-0.15, -0.1) is 11.3 Å². The van der Waals surface area contributed by atoms with Gasteiger partial charge in [0.25, 0.3) is 0 Å². The van der Waals surface area contributed by atoms with Crippen LogP contribution in [0.25, 0.3) is 0 Å². The molecular weight excluding hydrogens is 310 g/mol. The Balaban J connectivity index is 2.42. The van der Waals surface area contributed by atoms with Crippen molar-refractivity contribution in [3.05, 3.63) is 45.6 Å². The van der Waals surface area contributed by atoms with Crippen molar-refractivity contribution in [3.63, 3.8) is 0 Å². The average Bonchev–Trinajstić information content (AvgIpc) is 2.84. The predicted molar refractivity (Wildman–Crippen MR) is 78.8 cm³/mol. The first-order valence-corrected chi connectivity index (χ1v) is 8.71. The van der Waals surface area contributed by atoms with Gasteiger partial charge in [-0.2, -0.15) is 5.26 Å². The summed E-state index contributed by atoms with van der Waals surface area (Å²) in [5.41, 5.74) is 0.859. The number of ether oxygens (including phenoxy) is 1. The lowest BCUT2D eigenvalue weighted by Crippen LogP contribution is -2.04. The molecule has 110 valence electrons. The highest BCUT2D eigenvalue weighted by Crippen LogP contribution is 2.39. The number of rotatable bonds is 5. The topological polar surface area (TPSA) is 87.4 Å².